The Morgan fingerprint density at radius 3 is 2.34 bits per heavy atom. The van der Waals surface area contributed by atoms with Crippen molar-refractivity contribution in [2.45, 2.75) is 112 Å². The quantitative estimate of drug-likeness (QED) is 0.466. The predicted molar refractivity (Wildman–Crippen MR) is 136 cm³/mol. The zero-order valence-electron chi connectivity index (χ0n) is 22.9. The molecule has 0 aromatic heterocycles. The van der Waals surface area contributed by atoms with Gasteiger partial charge in [0, 0.05) is 22.8 Å². The first-order valence-electron chi connectivity index (χ1n) is 13.8. The maximum Gasteiger partial charge on any atom is 0.330 e. The molecule has 4 aliphatic carbocycles. The zero-order valence-corrected chi connectivity index (χ0v) is 22.9. The summed E-state index contributed by atoms with van der Waals surface area (Å²) < 4.78 is 0. The summed E-state index contributed by atoms with van der Waals surface area (Å²) in [5.41, 5.74) is -1.84. The number of carboxylic acids is 1. The normalized spacial score (nSPS) is 45.9. The molecule has 4 rings (SSSR count). The lowest BCUT2D eigenvalue weighted by Gasteiger charge is -2.61. The minimum atomic E-state index is -0.865. The second kappa shape index (κ2) is 8.26. The first kappa shape index (κ1) is 26.6. The molecule has 4 aliphatic rings. The van der Waals surface area contributed by atoms with Crippen LogP contribution in [0.1, 0.15) is 106 Å². The maximum atomic E-state index is 14.7. The van der Waals surface area contributed by atoms with Gasteiger partial charge in [-0.25, -0.2) is 4.79 Å². The van der Waals surface area contributed by atoms with Crippen molar-refractivity contribution < 1.29 is 24.6 Å². The first-order valence-corrected chi connectivity index (χ1v) is 13.8. The van der Waals surface area contributed by atoms with Crippen molar-refractivity contribution in [1.82, 2.24) is 0 Å². The summed E-state index contributed by atoms with van der Waals surface area (Å²) in [4.78, 5) is 38.7. The van der Waals surface area contributed by atoms with Crippen LogP contribution in [0.2, 0.25) is 0 Å². The van der Waals surface area contributed by atoms with Crippen molar-refractivity contribution in [2.75, 3.05) is 0 Å². The van der Waals surface area contributed by atoms with E-state index in [0.29, 0.717) is 43.1 Å². The summed E-state index contributed by atoms with van der Waals surface area (Å²) in [5.74, 6) is 0.492. The zero-order chi connectivity index (χ0) is 26.2. The molecule has 0 saturated heterocycles. The monoisotopic (exact) mass is 486 g/mol. The number of carbonyl (C=O) groups is 3. The minimum Gasteiger partial charge on any atom is -0.478 e. The molecule has 4 saturated carbocycles. The fraction of sp³-hybridized carbons (Fsp3) is 0.833. The summed E-state index contributed by atoms with van der Waals surface area (Å²) in [6.07, 6.45) is 8.00. The van der Waals surface area contributed by atoms with E-state index in [2.05, 4.69) is 27.7 Å². The largest absolute Gasteiger partial charge is 0.478 e. The molecule has 0 bridgehead atoms. The Bertz CT molecular complexity index is 964. The lowest BCUT2D eigenvalue weighted by Crippen LogP contribution is -2.64. The first-order chi connectivity index (χ1) is 16.1. The molecule has 8 atom stereocenters. The van der Waals surface area contributed by atoms with Crippen LogP contribution in [0.15, 0.2) is 11.6 Å². The van der Waals surface area contributed by atoms with Crippen LogP contribution in [0.5, 0.6) is 0 Å². The summed E-state index contributed by atoms with van der Waals surface area (Å²) in [6.45, 7) is 14.6. The highest BCUT2D eigenvalue weighted by atomic mass is 16.4. The van der Waals surface area contributed by atoms with E-state index in [9.17, 15) is 19.5 Å². The van der Waals surface area contributed by atoms with Gasteiger partial charge in [0.2, 0.25) is 0 Å². The smallest absolute Gasteiger partial charge is 0.330 e. The van der Waals surface area contributed by atoms with Gasteiger partial charge in [0.1, 0.15) is 11.6 Å². The Morgan fingerprint density at radius 2 is 1.71 bits per heavy atom. The minimum absolute atomic E-state index is 0.0311. The van der Waals surface area contributed by atoms with E-state index in [1.807, 2.05) is 19.9 Å². The van der Waals surface area contributed by atoms with Crippen LogP contribution in [0.25, 0.3) is 0 Å². The van der Waals surface area contributed by atoms with E-state index in [1.54, 1.807) is 6.92 Å². The van der Waals surface area contributed by atoms with E-state index < -0.39 is 28.3 Å². The molecular weight excluding hydrogens is 440 g/mol. The van der Waals surface area contributed by atoms with Gasteiger partial charge in [-0.3, -0.25) is 9.59 Å². The lowest BCUT2D eigenvalue weighted by atomic mass is 9.41. The molecule has 0 radical (unpaired) electrons. The number of fused-ring (bicyclic) bond motifs is 3. The van der Waals surface area contributed by atoms with Gasteiger partial charge < -0.3 is 10.2 Å². The standard InChI is InChI=1S/C30H46O5/c1-18(9-8-10-19(2)24(33)34)20-11-13-29(7)25(35)30(16-15-27(20,29)5)23(32)17-21-26(3,4)22(31)12-14-28(21,30)6/h10,18,20-21,23,32H,8-9,11-17H2,1-7H3,(H,33,34)/b19-10-/t18-,20-,21-,23-,27-,28-,29+,30-/m0/s1. The van der Waals surface area contributed by atoms with Crippen LogP contribution in [0.4, 0.5) is 0 Å². The fourth-order valence-corrected chi connectivity index (χ4v) is 9.74. The van der Waals surface area contributed by atoms with E-state index in [4.69, 9.17) is 5.11 Å². The molecule has 0 amide bonds. The van der Waals surface area contributed by atoms with Gasteiger partial charge >= 0.3 is 5.97 Å². The van der Waals surface area contributed by atoms with Gasteiger partial charge in [0.15, 0.2) is 0 Å². The molecule has 4 fully saturated rings. The molecule has 5 nitrogen and oxygen atoms in total. The van der Waals surface area contributed by atoms with Crippen molar-refractivity contribution in [3.63, 3.8) is 0 Å². The predicted octanol–water partition coefficient (Wildman–Crippen LogP) is 5.98. The Kier molecular flexibility index (Phi) is 6.27. The van der Waals surface area contributed by atoms with E-state index in [1.165, 1.54) is 0 Å². The molecule has 0 heterocycles. The Morgan fingerprint density at radius 1 is 1.06 bits per heavy atom. The number of carbonyl (C=O) groups excluding carboxylic acids is 2. The molecule has 2 N–H and O–H groups in total. The van der Waals surface area contributed by atoms with Crippen LogP contribution in [0, 0.1) is 44.8 Å². The summed E-state index contributed by atoms with van der Waals surface area (Å²) >= 11 is 0. The number of hydrogen-bond donors (Lipinski definition) is 2. The van der Waals surface area contributed by atoms with Crippen molar-refractivity contribution >= 4 is 17.5 Å². The highest BCUT2D eigenvalue weighted by molar-refractivity contribution is 5.95. The average molecular weight is 487 g/mol. The average Bonchev–Trinajstić information content (AvgIpc) is 3.19. The van der Waals surface area contributed by atoms with Crippen molar-refractivity contribution in [3.05, 3.63) is 11.6 Å². The topological polar surface area (TPSA) is 91.7 Å². The highest BCUT2D eigenvalue weighted by Gasteiger charge is 2.76. The van der Waals surface area contributed by atoms with Crippen molar-refractivity contribution in [1.29, 1.82) is 0 Å². The Balaban J connectivity index is 1.63. The Labute approximate surface area is 211 Å². The van der Waals surface area contributed by atoms with E-state index >= 15 is 0 Å². The van der Waals surface area contributed by atoms with Gasteiger partial charge in [-0.15, -0.1) is 0 Å². The number of aliphatic carboxylic acids is 1. The van der Waals surface area contributed by atoms with Crippen molar-refractivity contribution in [2.24, 2.45) is 44.8 Å². The van der Waals surface area contributed by atoms with E-state index in [0.717, 1.165) is 32.1 Å². The molecule has 35 heavy (non-hydrogen) atoms. The second-order valence-corrected chi connectivity index (χ2v) is 13.8. The number of allylic oxidation sites excluding steroid dienone is 1. The third kappa shape index (κ3) is 3.32. The Hall–Kier alpha value is -1.49. The number of rotatable bonds is 5. The second-order valence-electron chi connectivity index (χ2n) is 13.8. The molecule has 1 spiro atoms. The van der Waals surface area contributed by atoms with Gasteiger partial charge in [0.25, 0.3) is 0 Å². The lowest BCUT2D eigenvalue weighted by molar-refractivity contribution is -0.182. The number of hydrogen-bond acceptors (Lipinski definition) is 4. The molecule has 0 aliphatic heterocycles. The van der Waals surface area contributed by atoms with Crippen LogP contribution in [-0.2, 0) is 14.4 Å². The van der Waals surface area contributed by atoms with Crippen LogP contribution in [0.3, 0.4) is 0 Å². The van der Waals surface area contributed by atoms with Crippen LogP contribution >= 0.6 is 0 Å². The van der Waals surface area contributed by atoms with Crippen molar-refractivity contribution in [3.8, 4) is 0 Å². The molecule has 196 valence electrons. The van der Waals surface area contributed by atoms with Gasteiger partial charge in [-0.2, -0.15) is 0 Å². The SMILES string of the molecule is C/C(=C/CC[C@H](C)[C@@H]1CC[C@]2(C)C(=O)[C@]3(CC[C@@]12C)[C@@H](O)C[C@H]1C(C)(C)C(=O)CC[C@@]13C)C(=O)O. The molecule has 0 aromatic carbocycles. The highest BCUT2D eigenvalue weighted by Crippen LogP contribution is 2.75. The molecule has 5 heteroatoms. The molecular formula is C30H46O5. The van der Waals surface area contributed by atoms with Gasteiger partial charge in [-0.1, -0.05) is 47.6 Å². The van der Waals surface area contributed by atoms with Crippen LogP contribution < -0.4 is 0 Å². The number of carboxylic acid groups (broad SMARTS) is 1. The summed E-state index contributed by atoms with van der Waals surface area (Å²) in [5, 5.41) is 20.8. The third-order valence-electron chi connectivity index (χ3n) is 12.4. The van der Waals surface area contributed by atoms with Gasteiger partial charge in [0.05, 0.1) is 11.5 Å². The third-order valence-corrected chi connectivity index (χ3v) is 12.4. The molecule has 0 unspecified atom stereocenters. The van der Waals surface area contributed by atoms with Crippen LogP contribution in [-0.4, -0.2) is 33.9 Å². The number of Topliss-reactive ketones (excluding diaryl/α,β-unsaturated/α-hetero) is 2. The molecule has 0 aromatic rings. The van der Waals surface area contributed by atoms with E-state index in [-0.39, 0.29) is 28.3 Å². The number of aliphatic hydroxyl groups is 1. The maximum absolute atomic E-state index is 14.7. The number of ketones is 2. The summed E-state index contributed by atoms with van der Waals surface area (Å²) in [6, 6.07) is 0. The summed E-state index contributed by atoms with van der Waals surface area (Å²) in [7, 11) is 0. The number of aliphatic hydroxyl groups excluding tert-OH is 1. The fourth-order valence-electron chi connectivity index (χ4n) is 9.74. The van der Waals surface area contributed by atoms with Gasteiger partial charge in [-0.05, 0) is 86.9 Å².